The molecule has 0 spiro atoms. The Morgan fingerprint density at radius 3 is 2.62 bits per heavy atom. The van der Waals surface area contributed by atoms with Crippen molar-refractivity contribution in [2.24, 2.45) is 0 Å². The molecule has 0 bridgehead atoms. The molecule has 6 heteroatoms. The van der Waals surface area contributed by atoms with Crippen LogP contribution in [0, 0.1) is 0 Å². The topological polar surface area (TPSA) is 59.6 Å². The Hall–Kier alpha value is -1.56. The van der Waals surface area contributed by atoms with Gasteiger partial charge in [-0.25, -0.2) is 4.79 Å². The van der Waals surface area contributed by atoms with Crippen LogP contribution in [0.4, 0.5) is 10.5 Å². The number of amides is 2. The molecule has 1 aromatic carbocycles. The fraction of sp³-hybridized carbons (Fsp3) is 0.533. The van der Waals surface area contributed by atoms with E-state index < -0.39 is 0 Å². The molecule has 1 aliphatic rings. The third-order valence-corrected chi connectivity index (χ3v) is 3.96. The summed E-state index contributed by atoms with van der Waals surface area (Å²) in [5, 5.41) is 5.75. The molecule has 1 aromatic rings. The van der Waals surface area contributed by atoms with Crippen molar-refractivity contribution in [2.75, 3.05) is 31.3 Å². The summed E-state index contributed by atoms with van der Waals surface area (Å²) in [6.45, 7) is 3.93. The number of nitrogens with one attached hydrogen (secondary N) is 2. The Kier molecular flexibility index (Phi) is 6.04. The van der Waals surface area contributed by atoms with Gasteiger partial charge >= 0.3 is 6.03 Å². The summed E-state index contributed by atoms with van der Waals surface area (Å²) in [5.74, 6) is 1.42. The highest BCUT2D eigenvalue weighted by atomic mass is 32.2. The molecule has 2 amide bonds. The Labute approximate surface area is 129 Å². The van der Waals surface area contributed by atoms with Gasteiger partial charge in [0.15, 0.2) is 11.5 Å². The van der Waals surface area contributed by atoms with Gasteiger partial charge < -0.3 is 20.1 Å². The third-order valence-electron chi connectivity index (χ3n) is 3.18. The van der Waals surface area contributed by atoms with Gasteiger partial charge in [0.25, 0.3) is 0 Å². The number of rotatable bonds is 6. The van der Waals surface area contributed by atoms with Gasteiger partial charge in [0, 0.05) is 17.5 Å². The molecule has 0 aliphatic carbocycles. The fourth-order valence-corrected chi connectivity index (χ4v) is 2.63. The average Bonchev–Trinajstić information content (AvgIpc) is 2.51. The van der Waals surface area contributed by atoms with Crippen molar-refractivity contribution < 1.29 is 14.3 Å². The molecular weight excluding hydrogens is 288 g/mol. The van der Waals surface area contributed by atoms with Gasteiger partial charge in [-0.3, -0.25) is 0 Å². The first-order valence-corrected chi connectivity index (χ1v) is 8.49. The Balaban J connectivity index is 1.99. The van der Waals surface area contributed by atoms with Gasteiger partial charge in [0.2, 0.25) is 0 Å². The molecular formula is C15H22N2O3S. The number of anilines is 1. The van der Waals surface area contributed by atoms with Crippen LogP contribution < -0.4 is 20.1 Å². The van der Waals surface area contributed by atoms with Crippen LogP contribution in [0.25, 0.3) is 0 Å². The van der Waals surface area contributed by atoms with E-state index in [0.717, 1.165) is 35.6 Å². The Morgan fingerprint density at radius 1 is 1.24 bits per heavy atom. The zero-order valence-corrected chi connectivity index (χ0v) is 13.3. The number of unbranched alkanes of at least 4 members (excludes halogenated alkanes) is 2. The minimum Gasteiger partial charge on any atom is -0.486 e. The van der Waals surface area contributed by atoms with Crippen LogP contribution in [0.2, 0.25) is 0 Å². The van der Waals surface area contributed by atoms with E-state index >= 15 is 0 Å². The van der Waals surface area contributed by atoms with Gasteiger partial charge in [-0.2, -0.15) is 0 Å². The number of carbonyl (C=O) groups excluding carboxylic acids is 1. The van der Waals surface area contributed by atoms with E-state index in [2.05, 4.69) is 17.6 Å². The molecule has 2 rings (SSSR count). The molecule has 0 atom stereocenters. The number of hydrogen-bond acceptors (Lipinski definition) is 4. The van der Waals surface area contributed by atoms with Crippen molar-refractivity contribution in [2.45, 2.75) is 31.1 Å². The first kappa shape index (κ1) is 15.8. The molecule has 116 valence electrons. The van der Waals surface area contributed by atoms with Crippen LogP contribution in [-0.2, 0) is 0 Å². The number of ether oxygens (including phenoxy) is 2. The zero-order valence-electron chi connectivity index (χ0n) is 12.5. The van der Waals surface area contributed by atoms with Gasteiger partial charge in [-0.05, 0) is 18.7 Å². The number of urea groups is 1. The van der Waals surface area contributed by atoms with Crippen LogP contribution in [-0.4, -0.2) is 32.0 Å². The predicted molar refractivity (Wildman–Crippen MR) is 85.8 cm³/mol. The van der Waals surface area contributed by atoms with Crippen molar-refractivity contribution in [3.8, 4) is 11.5 Å². The van der Waals surface area contributed by atoms with Gasteiger partial charge in [0.1, 0.15) is 13.2 Å². The Morgan fingerprint density at radius 2 is 1.95 bits per heavy atom. The maximum atomic E-state index is 11.9. The number of hydrogen-bond donors (Lipinski definition) is 2. The van der Waals surface area contributed by atoms with Crippen molar-refractivity contribution in [1.29, 1.82) is 0 Å². The van der Waals surface area contributed by atoms with E-state index in [4.69, 9.17) is 9.47 Å². The van der Waals surface area contributed by atoms with Crippen molar-refractivity contribution in [1.82, 2.24) is 5.32 Å². The molecule has 0 radical (unpaired) electrons. The second-order valence-corrected chi connectivity index (χ2v) is 5.63. The van der Waals surface area contributed by atoms with Crippen LogP contribution >= 0.6 is 11.8 Å². The highest BCUT2D eigenvalue weighted by Crippen LogP contribution is 2.39. The van der Waals surface area contributed by atoms with Gasteiger partial charge in [-0.1, -0.05) is 19.8 Å². The quantitative estimate of drug-likeness (QED) is 0.624. The summed E-state index contributed by atoms with van der Waals surface area (Å²) in [7, 11) is 0. The molecule has 0 fully saturated rings. The number of carbonyl (C=O) groups is 1. The lowest BCUT2D eigenvalue weighted by molar-refractivity contribution is 0.171. The van der Waals surface area contributed by atoms with Gasteiger partial charge in [0.05, 0.1) is 5.69 Å². The fourth-order valence-electron chi connectivity index (χ4n) is 2.08. The summed E-state index contributed by atoms with van der Waals surface area (Å²) in [4.78, 5) is 12.9. The van der Waals surface area contributed by atoms with Crippen molar-refractivity contribution in [3.05, 3.63) is 12.1 Å². The van der Waals surface area contributed by atoms with Gasteiger partial charge in [-0.15, -0.1) is 11.8 Å². The Bertz CT molecular complexity index is 494. The van der Waals surface area contributed by atoms with E-state index in [9.17, 15) is 4.79 Å². The smallest absolute Gasteiger partial charge is 0.319 e. The molecule has 2 N–H and O–H groups in total. The standard InChI is InChI=1S/C15H22N2O3S/c1-3-4-5-6-16-15(18)17-11-9-12-13(10-14(11)21-2)20-8-7-19-12/h9-10H,3-8H2,1-2H3,(H2,16,17,18). The second kappa shape index (κ2) is 8.02. The summed E-state index contributed by atoms with van der Waals surface area (Å²) in [5.41, 5.74) is 0.750. The lowest BCUT2D eigenvalue weighted by atomic mass is 10.2. The molecule has 5 nitrogen and oxygen atoms in total. The molecule has 1 aliphatic heterocycles. The van der Waals surface area contributed by atoms with E-state index in [1.807, 2.05) is 18.4 Å². The van der Waals surface area contributed by atoms with E-state index in [-0.39, 0.29) is 6.03 Å². The molecule has 21 heavy (non-hydrogen) atoms. The summed E-state index contributed by atoms with van der Waals surface area (Å²) in [6, 6.07) is 3.55. The number of thioether (sulfide) groups is 1. The predicted octanol–water partition coefficient (Wildman–Crippen LogP) is 3.49. The average molecular weight is 310 g/mol. The lowest BCUT2D eigenvalue weighted by Gasteiger charge is -2.21. The van der Waals surface area contributed by atoms with E-state index in [1.54, 1.807) is 11.8 Å². The van der Waals surface area contributed by atoms with Crippen LogP contribution in [0.5, 0.6) is 11.5 Å². The first-order valence-electron chi connectivity index (χ1n) is 7.27. The maximum Gasteiger partial charge on any atom is 0.319 e. The zero-order chi connectivity index (χ0) is 15.1. The molecule has 0 unspecified atom stereocenters. The highest BCUT2D eigenvalue weighted by Gasteiger charge is 2.16. The van der Waals surface area contributed by atoms with Crippen molar-refractivity contribution >= 4 is 23.5 Å². The van der Waals surface area contributed by atoms with Crippen LogP contribution in [0.15, 0.2) is 17.0 Å². The summed E-state index contributed by atoms with van der Waals surface area (Å²) < 4.78 is 11.1. The van der Waals surface area contributed by atoms with E-state index in [0.29, 0.717) is 25.5 Å². The van der Waals surface area contributed by atoms with Crippen molar-refractivity contribution in [3.63, 3.8) is 0 Å². The van der Waals surface area contributed by atoms with Crippen LogP contribution in [0.3, 0.4) is 0 Å². The lowest BCUT2D eigenvalue weighted by Crippen LogP contribution is -2.29. The highest BCUT2D eigenvalue weighted by molar-refractivity contribution is 7.98. The largest absolute Gasteiger partial charge is 0.486 e. The monoisotopic (exact) mass is 310 g/mol. The third kappa shape index (κ3) is 4.46. The molecule has 0 saturated carbocycles. The molecule has 0 saturated heterocycles. The SMILES string of the molecule is CCCCCNC(=O)Nc1cc2c(cc1SC)OCCO2. The first-order chi connectivity index (χ1) is 10.2. The van der Waals surface area contributed by atoms with Crippen LogP contribution in [0.1, 0.15) is 26.2 Å². The maximum absolute atomic E-state index is 11.9. The second-order valence-electron chi connectivity index (χ2n) is 4.78. The molecule has 0 aromatic heterocycles. The summed E-state index contributed by atoms with van der Waals surface area (Å²) >= 11 is 1.56. The van der Waals surface area contributed by atoms with E-state index in [1.165, 1.54) is 0 Å². The summed E-state index contributed by atoms with van der Waals surface area (Å²) in [6.07, 6.45) is 5.23. The normalized spacial score (nSPS) is 12.9. The number of benzene rings is 1. The molecule has 1 heterocycles. The minimum atomic E-state index is -0.182. The minimum absolute atomic E-state index is 0.182. The number of fused-ring (bicyclic) bond motifs is 1.